The molecule has 0 aromatic heterocycles. The van der Waals surface area contributed by atoms with Crippen molar-refractivity contribution < 1.29 is 9.72 Å². The van der Waals surface area contributed by atoms with Crippen molar-refractivity contribution in [1.29, 1.82) is 0 Å². The second-order valence-electron chi connectivity index (χ2n) is 4.31. The van der Waals surface area contributed by atoms with E-state index in [1.165, 1.54) is 18.9 Å². The van der Waals surface area contributed by atoms with Gasteiger partial charge in [-0.15, -0.1) is 0 Å². The zero-order valence-corrected chi connectivity index (χ0v) is 9.39. The predicted molar refractivity (Wildman–Crippen MR) is 62.5 cm³/mol. The number of nitrogens with zero attached hydrogens (tertiary/aromatic N) is 1. The summed E-state index contributed by atoms with van der Waals surface area (Å²) in [5.74, 6) is 0.468. The second-order valence-corrected chi connectivity index (χ2v) is 4.31. The summed E-state index contributed by atoms with van der Waals surface area (Å²) in [4.78, 5) is 21.9. The van der Waals surface area contributed by atoms with Crippen molar-refractivity contribution in [3.8, 4) is 0 Å². The van der Waals surface area contributed by atoms with Gasteiger partial charge in [-0.2, -0.15) is 0 Å². The largest absolute Gasteiger partial charge is 0.356 e. The lowest BCUT2D eigenvalue weighted by Crippen LogP contribution is -2.27. The summed E-state index contributed by atoms with van der Waals surface area (Å²) in [6, 6.07) is 6.35. The number of carbonyl (C=O) groups is 1. The van der Waals surface area contributed by atoms with E-state index < -0.39 is 4.92 Å². The third kappa shape index (κ3) is 3.27. The molecular formula is C12H14N2O3. The number of nitrogens with one attached hydrogen (secondary N) is 1. The van der Waals surface area contributed by atoms with Crippen LogP contribution in [0.25, 0.3) is 0 Å². The molecule has 1 amide bonds. The number of nitro benzene ring substituents is 1. The molecule has 1 saturated carbocycles. The minimum atomic E-state index is -0.455. The van der Waals surface area contributed by atoms with Crippen LogP contribution in [0.2, 0.25) is 0 Å². The SMILES string of the molecule is O=C(Cc1ccccc1[N+](=O)[O-])NCC1CC1. The van der Waals surface area contributed by atoms with E-state index in [2.05, 4.69) is 5.32 Å². The van der Waals surface area contributed by atoms with Crippen LogP contribution in [0.15, 0.2) is 24.3 Å². The van der Waals surface area contributed by atoms with Crippen LogP contribution in [0.1, 0.15) is 18.4 Å². The van der Waals surface area contributed by atoms with E-state index in [-0.39, 0.29) is 18.0 Å². The van der Waals surface area contributed by atoms with E-state index in [0.29, 0.717) is 18.0 Å². The van der Waals surface area contributed by atoms with Crippen LogP contribution >= 0.6 is 0 Å². The molecule has 1 aliphatic carbocycles. The number of hydrogen-bond donors (Lipinski definition) is 1. The first-order valence-electron chi connectivity index (χ1n) is 5.66. The van der Waals surface area contributed by atoms with Gasteiger partial charge in [-0.05, 0) is 18.8 Å². The van der Waals surface area contributed by atoms with E-state index in [9.17, 15) is 14.9 Å². The van der Waals surface area contributed by atoms with Gasteiger partial charge in [0.15, 0.2) is 0 Å². The summed E-state index contributed by atoms with van der Waals surface area (Å²) in [7, 11) is 0. The van der Waals surface area contributed by atoms with Crippen molar-refractivity contribution in [2.24, 2.45) is 5.92 Å². The van der Waals surface area contributed by atoms with Crippen LogP contribution in [0, 0.1) is 16.0 Å². The Balaban J connectivity index is 1.96. The fraction of sp³-hybridized carbons (Fsp3) is 0.417. The van der Waals surface area contributed by atoms with Gasteiger partial charge in [0.25, 0.3) is 5.69 Å². The van der Waals surface area contributed by atoms with E-state index in [1.807, 2.05) is 0 Å². The normalized spacial score (nSPS) is 14.4. The van der Waals surface area contributed by atoms with Crippen LogP contribution in [0.5, 0.6) is 0 Å². The molecule has 0 spiro atoms. The first-order valence-corrected chi connectivity index (χ1v) is 5.66. The Morgan fingerprint density at radius 1 is 1.41 bits per heavy atom. The first-order chi connectivity index (χ1) is 8.16. The van der Waals surface area contributed by atoms with Crippen molar-refractivity contribution in [3.63, 3.8) is 0 Å². The molecule has 1 fully saturated rings. The molecule has 1 aromatic carbocycles. The lowest BCUT2D eigenvalue weighted by molar-refractivity contribution is -0.385. The third-order valence-electron chi connectivity index (χ3n) is 2.82. The number of benzene rings is 1. The Bertz CT molecular complexity index is 441. The molecule has 1 N–H and O–H groups in total. The van der Waals surface area contributed by atoms with Crippen LogP contribution in [0.3, 0.4) is 0 Å². The minimum Gasteiger partial charge on any atom is -0.356 e. The molecule has 1 aromatic rings. The molecule has 2 rings (SSSR count). The van der Waals surface area contributed by atoms with Crippen LogP contribution < -0.4 is 5.32 Å². The molecule has 0 aliphatic heterocycles. The zero-order chi connectivity index (χ0) is 12.3. The minimum absolute atomic E-state index is 0.00840. The maximum Gasteiger partial charge on any atom is 0.273 e. The van der Waals surface area contributed by atoms with Crippen molar-refractivity contribution in [2.45, 2.75) is 19.3 Å². The first kappa shape index (κ1) is 11.6. The summed E-state index contributed by atoms with van der Waals surface area (Å²) in [6.45, 7) is 0.694. The predicted octanol–water partition coefficient (Wildman–Crippen LogP) is 1.66. The number of para-hydroxylation sites is 1. The number of rotatable bonds is 5. The summed E-state index contributed by atoms with van der Waals surface area (Å²) < 4.78 is 0. The molecule has 5 heteroatoms. The van der Waals surface area contributed by atoms with E-state index >= 15 is 0 Å². The Morgan fingerprint density at radius 2 is 2.12 bits per heavy atom. The van der Waals surface area contributed by atoms with Gasteiger partial charge >= 0.3 is 0 Å². The maximum absolute atomic E-state index is 11.6. The second kappa shape index (κ2) is 4.95. The molecule has 0 heterocycles. The number of hydrogen-bond acceptors (Lipinski definition) is 3. The van der Waals surface area contributed by atoms with Gasteiger partial charge < -0.3 is 5.32 Å². The van der Waals surface area contributed by atoms with E-state index in [1.54, 1.807) is 18.2 Å². The van der Waals surface area contributed by atoms with Gasteiger partial charge in [-0.25, -0.2) is 0 Å². The molecule has 17 heavy (non-hydrogen) atoms. The highest BCUT2D eigenvalue weighted by molar-refractivity contribution is 5.79. The molecular weight excluding hydrogens is 220 g/mol. The maximum atomic E-state index is 11.6. The average molecular weight is 234 g/mol. The highest BCUT2D eigenvalue weighted by atomic mass is 16.6. The lowest BCUT2D eigenvalue weighted by Gasteiger charge is -2.04. The summed E-state index contributed by atoms with van der Waals surface area (Å²) in [6.07, 6.45) is 2.42. The molecule has 0 saturated heterocycles. The standard InChI is InChI=1S/C12H14N2O3/c15-12(13-8-9-5-6-9)7-10-3-1-2-4-11(10)14(16)17/h1-4,9H,5-8H2,(H,13,15). The van der Waals surface area contributed by atoms with Crippen molar-refractivity contribution in [1.82, 2.24) is 5.32 Å². The smallest absolute Gasteiger partial charge is 0.273 e. The van der Waals surface area contributed by atoms with Crippen LogP contribution in [-0.2, 0) is 11.2 Å². The molecule has 5 nitrogen and oxygen atoms in total. The highest BCUT2D eigenvalue weighted by Gasteiger charge is 2.22. The fourth-order valence-electron chi connectivity index (χ4n) is 1.65. The molecule has 0 unspecified atom stereocenters. The summed E-state index contributed by atoms with van der Waals surface area (Å²) in [5.41, 5.74) is 0.472. The summed E-state index contributed by atoms with van der Waals surface area (Å²) >= 11 is 0. The molecule has 0 radical (unpaired) electrons. The van der Waals surface area contributed by atoms with Gasteiger partial charge in [0.05, 0.1) is 11.3 Å². The Morgan fingerprint density at radius 3 is 2.76 bits per heavy atom. The lowest BCUT2D eigenvalue weighted by atomic mass is 10.1. The Labute approximate surface area is 99.0 Å². The highest BCUT2D eigenvalue weighted by Crippen LogP contribution is 2.27. The van der Waals surface area contributed by atoms with E-state index in [0.717, 1.165) is 0 Å². The number of amides is 1. The molecule has 0 atom stereocenters. The van der Waals surface area contributed by atoms with E-state index in [4.69, 9.17) is 0 Å². The van der Waals surface area contributed by atoms with Crippen molar-refractivity contribution in [2.75, 3.05) is 6.54 Å². The van der Waals surface area contributed by atoms with Gasteiger partial charge in [-0.1, -0.05) is 18.2 Å². The monoisotopic (exact) mass is 234 g/mol. The van der Waals surface area contributed by atoms with Crippen LogP contribution in [-0.4, -0.2) is 17.4 Å². The third-order valence-corrected chi connectivity index (χ3v) is 2.82. The molecule has 90 valence electrons. The van der Waals surface area contributed by atoms with Crippen molar-refractivity contribution >= 4 is 11.6 Å². The zero-order valence-electron chi connectivity index (χ0n) is 9.39. The topological polar surface area (TPSA) is 72.2 Å². The number of carbonyl (C=O) groups excluding carboxylic acids is 1. The Kier molecular flexibility index (Phi) is 3.37. The average Bonchev–Trinajstić information content (AvgIpc) is 3.10. The molecule has 0 bridgehead atoms. The van der Waals surface area contributed by atoms with Gasteiger partial charge in [-0.3, -0.25) is 14.9 Å². The Hall–Kier alpha value is -1.91. The van der Waals surface area contributed by atoms with Crippen LogP contribution in [0.4, 0.5) is 5.69 Å². The quantitative estimate of drug-likeness (QED) is 0.622. The fourth-order valence-corrected chi connectivity index (χ4v) is 1.65. The van der Waals surface area contributed by atoms with Gasteiger partial charge in [0.2, 0.25) is 5.91 Å². The van der Waals surface area contributed by atoms with Crippen molar-refractivity contribution in [3.05, 3.63) is 39.9 Å². The van der Waals surface area contributed by atoms with Gasteiger partial charge in [0.1, 0.15) is 0 Å². The number of nitro groups is 1. The summed E-state index contributed by atoms with van der Waals surface area (Å²) in [5, 5.41) is 13.6. The van der Waals surface area contributed by atoms with Gasteiger partial charge in [0, 0.05) is 18.2 Å². The molecule has 1 aliphatic rings.